The van der Waals surface area contributed by atoms with Gasteiger partial charge in [0.25, 0.3) is 11.8 Å². The number of benzene rings is 2. The number of aromatic amines is 1. The number of Topliss-reactive ketones (excluding diaryl/α,β-unsaturated/α-hetero) is 1. The number of carbonyl (C=O) groups is 3. The number of aryl methyl sites for hydroxylation is 1. The second-order valence-electron chi connectivity index (χ2n) is 9.97. The van der Waals surface area contributed by atoms with Gasteiger partial charge in [0.1, 0.15) is 5.82 Å². The van der Waals surface area contributed by atoms with Crippen LogP contribution in [0.1, 0.15) is 51.2 Å². The van der Waals surface area contributed by atoms with Gasteiger partial charge in [0.05, 0.1) is 11.7 Å². The highest BCUT2D eigenvalue weighted by atomic mass is 19.1. The lowest BCUT2D eigenvalue weighted by Crippen LogP contribution is -2.39. The lowest BCUT2D eigenvalue weighted by molar-refractivity contribution is -0.125. The average Bonchev–Trinajstić information content (AvgIpc) is 3.46. The monoisotopic (exact) mass is 491 g/mol. The summed E-state index contributed by atoms with van der Waals surface area (Å²) in [6.45, 7) is 3.62. The van der Waals surface area contributed by atoms with E-state index in [0.29, 0.717) is 42.9 Å². The SMILES string of the molecule is Cc1[nH]c2ccc(C(=O)C(=O)N3CC[C@H](O)C3)cc2c1C(=O)N1CCC(Cc2ccc(F)cc2)CC1. The number of β-amino-alcohol motifs (C(OH)–C–C–N with tert-alkyl or cyclic N) is 1. The van der Waals surface area contributed by atoms with Crippen LogP contribution in [0, 0.1) is 18.7 Å². The van der Waals surface area contributed by atoms with Crippen molar-refractivity contribution in [2.24, 2.45) is 5.92 Å². The zero-order chi connectivity index (χ0) is 25.4. The van der Waals surface area contributed by atoms with Crippen molar-refractivity contribution < 1.29 is 23.9 Å². The predicted octanol–water partition coefficient (Wildman–Crippen LogP) is 3.49. The quantitative estimate of drug-likeness (QED) is 0.422. The Labute approximate surface area is 208 Å². The van der Waals surface area contributed by atoms with Crippen molar-refractivity contribution in [1.29, 1.82) is 0 Å². The highest BCUT2D eigenvalue weighted by Gasteiger charge is 2.31. The molecule has 8 heteroatoms. The molecule has 0 saturated carbocycles. The van der Waals surface area contributed by atoms with Gasteiger partial charge in [-0.15, -0.1) is 0 Å². The van der Waals surface area contributed by atoms with Crippen LogP contribution in [0.3, 0.4) is 0 Å². The zero-order valence-electron chi connectivity index (χ0n) is 20.3. The molecule has 3 heterocycles. The molecule has 2 N–H and O–H groups in total. The summed E-state index contributed by atoms with van der Waals surface area (Å²) in [7, 11) is 0. The standard InChI is InChI=1S/C28H30FN3O4/c1-17-25(27(35)31-11-8-19(9-12-31)14-18-2-5-21(29)6-3-18)23-15-20(4-7-24(23)30-17)26(34)28(36)32-13-10-22(33)16-32/h2-7,15,19,22,30,33H,8-14,16H2,1H3/t22-/m0/s1. The van der Waals surface area contributed by atoms with Gasteiger partial charge in [0, 0.05) is 48.3 Å². The number of fused-ring (bicyclic) bond motifs is 1. The summed E-state index contributed by atoms with van der Waals surface area (Å²) in [6.07, 6.45) is 2.46. The maximum absolute atomic E-state index is 13.5. The van der Waals surface area contributed by atoms with Crippen molar-refractivity contribution in [1.82, 2.24) is 14.8 Å². The summed E-state index contributed by atoms with van der Waals surface area (Å²) in [5.74, 6) is -1.16. The van der Waals surface area contributed by atoms with Crippen molar-refractivity contribution in [3.8, 4) is 0 Å². The number of likely N-dealkylation sites (tertiary alicyclic amines) is 2. The summed E-state index contributed by atoms with van der Waals surface area (Å²) in [4.78, 5) is 45.5. The van der Waals surface area contributed by atoms with Gasteiger partial charge in [-0.1, -0.05) is 12.1 Å². The first-order chi connectivity index (χ1) is 17.3. The normalized spacial score (nSPS) is 18.7. The molecule has 3 aromatic rings. The Morgan fingerprint density at radius 1 is 1.00 bits per heavy atom. The number of aromatic nitrogens is 1. The lowest BCUT2D eigenvalue weighted by Gasteiger charge is -2.32. The minimum Gasteiger partial charge on any atom is -0.391 e. The van der Waals surface area contributed by atoms with Gasteiger partial charge in [-0.05, 0) is 74.4 Å². The molecule has 7 nitrogen and oxygen atoms in total. The molecule has 0 spiro atoms. The number of aliphatic hydroxyl groups is 1. The van der Waals surface area contributed by atoms with Crippen LogP contribution in [0.4, 0.5) is 4.39 Å². The molecule has 2 amide bonds. The molecule has 36 heavy (non-hydrogen) atoms. The number of H-pyrrole nitrogens is 1. The van der Waals surface area contributed by atoms with E-state index in [2.05, 4.69) is 4.98 Å². The summed E-state index contributed by atoms with van der Waals surface area (Å²) in [5.41, 5.74) is 3.33. The molecule has 2 aliphatic rings. The van der Waals surface area contributed by atoms with E-state index in [-0.39, 0.29) is 23.8 Å². The number of nitrogens with one attached hydrogen (secondary N) is 1. The average molecular weight is 492 g/mol. The lowest BCUT2D eigenvalue weighted by atomic mass is 9.90. The van der Waals surface area contributed by atoms with Crippen molar-refractivity contribution in [2.75, 3.05) is 26.2 Å². The fraction of sp³-hybridized carbons (Fsp3) is 0.393. The Balaban J connectivity index is 1.30. The van der Waals surface area contributed by atoms with Crippen LogP contribution >= 0.6 is 0 Å². The Morgan fingerprint density at radius 2 is 1.69 bits per heavy atom. The molecular weight excluding hydrogens is 461 g/mol. The van der Waals surface area contributed by atoms with E-state index in [1.54, 1.807) is 18.2 Å². The van der Waals surface area contributed by atoms with Crippen LogP contribution in [0.15, 0.2) is 42.5 Å². The van der Waals surface area contributed by atoms with Crippen molar-refractivity contribution in [2.45, 2.75) is 38.7 Å². The third kappa shape index (κ3) is 4.78. The van der Waals surface area contributed by atoms with E-state index in [1.807, 2.05) is 24.0 Å². The first kappa shape index (κ1) is 24.2. The molecule has 2 saturated heterocycles. The first-order valence-electron chi connectivity index (χ1n) is 12.5. The van der Waals surface area contributed by atoms with Crippen LogP contribution < -0.4 is 0 Å². The summed E-state index contributed by atoms with van der Waals surface area (Å²) >= 11 is 0. The number of hydrogen-bond acceptors (Lipinski definition) is 4. The molecule has 2 aromatic carbocycles. The molecule has 1 atom stereocenters. The van der Waals surface area contributed by atoms with Crippen molar-refractivity contribution >= 4 is 28.5 Å². The second-order valence-corrected chi connectivity index (χ2v) is 9.97. The summed E-state index contributed by atoms with van der Waals surface area (Å²) in [6, 6.07) is 11.5. The third-order valence-corrected chi connectivity index (χ3v) is 7.45. The molecular formula is C28H30FN3O4. The topological polar surface area (TPSA) is 93.7 Å². The zero-order valence-corrected chi connectivity index (χ0v) is 20.3. The Kier molecular flexibility index (Phi) is 6.62. The predicted molar refractivity (Wildman–Crippen MR) is 133 cm³/mol. The molecule has 5 rings (SSSR count). The fourth-order valence-corrected chi connectivity index (χ4v) is 5.39. The van der Waals surface area contributed by atoms with E-state index in [9.17, 15) is 23.9 Å². The summed E-state index contributed by atoms with van der Waals surface area (Å²) < 4.78 is 13.2. The van der Waals surface area contributed by atoms with E-state index >= 15 is 0 Å². The van der Waals surface area contributed by atoms with Gasteiger partial charge >= 0.3 is 0 Å². The molecule has 2 fully saturated rings. The fourth-order valence-electron chi connectivity index (χ4n) is 5.39. The largest absolute Gasteiger partial charge is 0.391 e. The van der Waals surface area contributed by atoms with Crippen molar-refractivity contribution in [3.05, 3.63) is 70.7 Å². The maximum atomic E-state index is 13.5. The number of carbonyl (C=O) groups excluding carboxylic acids is 3. The van der Waals surface area contributed by atoms with Crippen LogP contribution in [0.2, 0.25) is 0 Å². The number of aliphatic hydroxyl groups excluding tert-OH is 1. The molecule has 0 bridgehead atoms. The van der Waals surface area contributed by atoms with Crippen LogP contribution in [0.5, 0.6) is 0 Å². The highest BCUT2D eigenvalue weighted by molar-refractivity contribution is 6.43. The molecule has 0 aliphatic carbocycles. The number of nitrogens with zero attached hydrogens (tertiary/aromatic N) is 2. The Bertz CT molecular complexity index is 1310. The minimum atomic E-state index is -0.634. The maximum Gasteiger partial charge on any atom is 0.295 e. The number of amides is 2. The first-order valence-corrected chi connectivity index (χ1v) is 12.5. The number of rotatable bonds is 5. The van der Waals surface area contributed by atoms with Crippen LogP contribution in [0.25, 0.3) is 10.9 Å². The number of ketones is 1. The van der Waals surface area contributed by atoms with Gasteiger partial charge in [-0.2, -0.15) is 0 Å². The molecule has 188 valence electrons. The van der Waals surface area contributed by atoms with E-state index in [1.165, 1.54) is 17.0 Å². The van der Waals surface area contributed by atoms with Gasteiger partial charge in [-0.3, -0.25) is 14.4 Å². The van der Waals surface area contributed by atoms with E-state index in [0.717, 1.165) is 36.0 Å². The Hall–Kier alpha value is -3.52. The minimum absolute atomic E-state index is 0.0856. The van der Waals surface area contributed by atoms with Crippen molar-refractivity contribution in [3.63, 3.8) is 0 Å². The van der Waals surface area contributed by atoms with Gasteiger partial charge < -0.3 is 19.9 Å². The van der Waals surface area contributed by atoms with Gasteiger partial charge in [-0.25, -0.2) is 4.39 Å². The number of hydrogen-bond donors (Lipinski definition) is 2. The third-order valence-electron chi connectivity index (χ3n) is 7.45. The number of halogens is 1. The second kappa shape index (κ2) is 9.85. The number of piperidine rings is 1. The van der Waals surface area contributed by atoms with Gasteiger partial charge in [0.15, 0.2) is 0 Å². The molecule has 1 aromatic heterocycles. The molecule has 0 radical (unpaired) electrons. The smallest absolute Gasteiger partial charge is 0.295 e. The molecule has 0 unspecified atom stereocenters. The summed E-state index contributed by atoms with van der Waals surface area (Å²) in [5, 5.41) is 10.3. The van der Waals surface area contributed by atoms with Crippen LogP contribution in [-0.2, 0) is 11.2 Å². The van der Waals surface area contributed by atoms with E-state index in [4.69, 9.17) is 0 Å². The Morgan fingerprint density at radius 3 is 2.36 bits per heavy atom. The van der Waals surface area contributed by atoms with E-state index < -0.39 is 17.8 Å². The highest BCUT2D eigenvalue weighted by Crippen LogP contribution is 2.28. The van der Waals surface area contributed by atoms with Crippen LogP contribution in [-0.4, -0.2) is 69.8 Å². The van der Waals surface area contributed by atoms with Gasteiger partial charge in [0.2, 0.25) is 5.78 Å². The molecule has 2 aliphatic heterocycles.